The normalized spacial score (nSPS) is 15.4. The molecule has 1 fully saturated rings. The van der Waals surface area contributed by atoms with Gasteiger partial charge in [-0.25, -0.2) is 4.72 Å². The number of nitrogens with one attached hydrogen (secondary N) is 1. The third kappa shape index (κ3) is 4.58. The van der Waals surface area contributed by atoms with Gasteiger partial charge in [-0.05, 0) is 60.1 Å². The molecule has 1 saturated carbocycles. The lowest BCUT2D eigenvalue weighted by Crippen LogP contribution is -2.36. The number of fused-ring (bicyclic) bond motifs is 1. The summed E-state index contributed by atoms with van der Waals surface area (Å²) >= 11 is 0. The van der Waals surface area contributed by atoms with E-state index in [0.717, 1.165) is 18.0 Å². The van der Waals surface area contributed by atoms with E-state index in [2.05, 4.69) is 38.7 Å². The molecular formula is C23H30N4O2S. The maximum Gasteiger partial charge on any atom is 0.278 e. The van der Waals surface area contributed by atoms with Gasteiger partial charge in [0.1, 0.15) is 0 Å². The lowest BCUT2D eigenvalue weighted by atomic mass is 10.0. The summed E-state index contributed by atoms with van der Waals surface area (Å²) < 4.78 is 30.3. The van der Waals surface area contributed by atoms with Gasteiger partial charge in [0.2, 0.25) is 0 Å². The summed E-state index contributed by atoms with van der Waals surface area (Å²) in [6, 6.07) is 10.6. The highest BCUT2D eigenvalue weighted by molar-refractivity contribution is 7.87. The minimum Gasteiger partial charge on any atom is -0.347 e. The highest BCUT2D eigenvalue weighted by Crippen LogP contribution is 2.31. The first kappa shape index (κ1) is 21.0. The molecule has 160 valence electrons. The van der Waals surface area contributed by atoms with E-state index < -0.39 is 10.2 Å². The van der Waals surface area contributed by atoms with Crippen molar-refractivity contribution >= 4 is 21.1 Å². The van der Waals surface area contributed by atoms with Crippen molar-refractivity contribution in [2.45, 2.75) is 38.6 Å². The van der Waals surface area contributed by atoms with Gasteiger partial charge in [-0.1, -0.05) is 25.0 Å². The largest absolute Gasteiger partial charge is 0.347 e. The Bertz CT molecular complexity index is 1100. The SMILES string of the molecule is CN(C)S(=O)(=O)NCCc1cn(CC2CCCC2)c2cc(-c3ccncc3)ccc12. The molecule has 4 rings (SSSR count). The van der Waals surface area contributed by atoms with E-state index in [0.29, 0.717) is 13.0 Å². The predicted molar refractivity (Wildman–Crippen MR) is 121 cm³/mol. The molecule has 0 bridgehead atoms. The summed E-state index contributed by atoms with van der Waals surface area (Å²) in [5.74, 6) is 0.727. The van der Waals surface area contributed by atoms with Crippen LogP contribution in [0.1, 0.15) is 31.2 Å². The zero-order valence-corrected chi connectivity index (χ0v) is 18.5. The zero-order valence-electron chi connectivity index (χ0n) is 17.7. The van der Waals surface area contributed by atoms with Gasteiger partial charge in [0.15, 0.2) is 0 Å². The van der Waals surface area contributed by atoms with E-state index >= 15 is 0 Å². The molecule has 2 heterocycles. The zero-order chi connectivity index (χ0) is 21.1. The number of rotatable bonds is 8. The number of hydrogen-bond donors (Lipinski definition) is 1. The molecule has 1 N–H and O–H groups in total. The molecule has 1 aliphatic rings. The monoisotopic (exact) mass is 426 g/mol. The minimum atomic E-state index is -3.41. The van der Waals surface area contributed by atoms with Gasteiger partial charge in [0, 0.05) is 56.7 Å². The third-order valence-electron chi connectivity index (χ3n) is 6.07. The Morgan fingerprint density at radius 1 is 1.10 bits per heavy atom. The second kappa shape index (κ2) is 8.88. The van der Waals surface area contributed by atoms with E-state index in [1.165, 1.54) is 66.1 Å². The number of hydrogen-bond acceptors (Lipinski definition) is 3. The summed E-state index contributed by atoms with van der Waals surface area (Å²) in [5.41, 5.74) is 4.74. The molecule has 0 radical (unpaired) electrons. The van der Waals surface area contributed by atoms with Gasteiger partial charge in [-0.2, -0.15) is 12.7 Å². The molecule has 0 unspecified atom stereocenters. The lowest BCUT2D eigenvalue weighted by molar-refractivity contribution is 0.465. The van der Waals surface area contributed by atoms with Crippen molar-refractivity contribution < 1.29 is 8.42 Å². The van der Waals surface area contributed by atoms with Crippen LogP contribution in [0.5, 0.6) is 0 Å². The van der Waals surface area contributed by atoms with Crippen LogP contribution >= 0.6 is 0 Å². The van der Waals surface area contributed by atoms with Crippen molar-refractivity contribution in [3.8, 4) is 11.1 Å². The van der Waals surface area contributed by atoms with Gasteiger partial charge in [-0.15, -0.1) is 0 Å². The average molecular weight is 427 g/mol. The van der Waals surface area contributed by atoms with Crippen LogP contribution in [0.25, 0.3) is 22.0 Å². The number of pyridine rings is 1. The van der Waals surface area contributed by atoms with Gasteiger partial charge in [0.05, 0.1) is 0 Å². The van der Waals surface area contributed by atoms with Crippen molar-refractivity contribution in [1.82, 2.24) is 18.6 Å². The molecule has 6 nitrogen and oxygen atoms in total. The lowest BCUT2D eigenvalue weighted by Gasteiger charge is -2.12. The molecule has 2 aromatic heterocycles. The Balaban J connectivity index is 1.64. The van der Waals surface area contributed by atoms with Gasteiger partial charge >= 0.3 is 0 Å². The van der Waals surface area contributed by atoms with Crippen LogP contribution in [0.4, 0.5) is 0 Å². The molecule has 7 heteroatoms. The molecular weight excluding hydrogens is 396 g/mol. The van der Waals surface area contributed by atoms with Crippen LogP contribution in [-0.2, 0) is 23.2 Å². The quantitative estimate of drug-likeness (QED) is 0.595. The second-order valence-corrected chi connectivity index (χ2v) is 10.3. The minimum absolute atomic E-state index is 0.384. The fraction of sp³-hybridized carbons (Fsp3) is 0.435. The molecule has 0 spiro atoms. The number of nitrogens with zero attached hydrogens (tertiary/aromatic N) is 3. The molecule has 1 aromatic carbocycles. The predicted octanol–water partition coefficient (Wildman–Crippen LogP) is 3.83. The van der Waals surface area contributed by atoms with Crippen molar-refractivity contribution in [3.63, 3.8) is 0 Å². The van der Waals surface area contributed by atoms with E-state index in [4.69, 9.17) is 0 Å². The van der Waals surface area contributed by atoms with Crippen molar-refractivity contribution in [2.75, 3.05) is 20.6 Å². The van der Waals surface area contributed by atoms with Crippen LogP contribution in [0.15, 0.2) is 48.9 Å². The molecule has 1 aliphatic carbocycles. The Morgan fingerprint density at radius 3 is 2.53 bits per heavy atom. The molecule has 0 aliphatic heterocycles. The first-order chi connectivity index (χ1) is 14.4. The first-order valence-corrected chi connectivity index (χ1v) is 12.1. The highest BCUT2D eigenvalue weighted by Gasteiger charge is 2.19. The van der Waals surface area contributed by atoms with Crippen LogP contribution in [0.3, 0.4) is 0 Å². The van der Waals surface area contributed by atoms with Crippen molar-refractivity contribution in [2.24, 2.45) is 5.92 Å². The molecule has 0 saturated heterocycles. The highest BCUT2D eigenvalue weighted by atomic mass is 32.2. The van der Waals surface area contributed by atoms with E-state index in [9.17, 15) is 8.42 Å². The summed E-state index contributed by atoms with van der Waals surface area (Å²) in [7, 11) is -0.329. The topological polar surface area (TPSA) is 67.2 Å². The van der Waals surface area contributed by atoms with Crippen LogP contribution in [0, 0.1) is 5.92 Å². The number of aromatic nitrogens is 2. The van der Waals surface area contributed by atoms with E-state index in [-0.39, 0.29) is 0 Å². The Labute approximate surface area is 179 Å². The Hall–Kier alpha value is -2.22. The van der Waals surface area contributed by atoms with Gasteiger partial charge in [0.25, 0.3) is 10.2 Å². The van der Waals surface area contributed by atoms with E-state index in [1.54, 1.807) is 0 Å². The van der Waals surface area contributed by atoms with Crippen LogP contribution in [0.2, 0.25) is 0 Å². The van der Waals surface area contributed by atoms with Gasteiger partial charge < -0.3 is 4.57 Å². The molecule has 3 aromatic rings. The molecule has 0 atom stereocenters. The number of benzene rings is 1. The smallest absolute Gasteiger partial charge is 0.278 e. The fourth-order valence-corrected chi connectivity index (χ4v) is 4.98. The maximum atomic E-state index is 12.0. The summed E-state index contributed by atoms with van der Waals surface area (Å²) in [6.45, 7) is 1.41. The summed E-state index contributed by atoms with van der Waals surface area (Å²) in [5, 5.41) is 1.20. The first-order valence-electron chi connectivity index (χ1n) is 10.6. The Morgan fingerprint density at radius 2 is 1.83 bits per heavy atom. The summed E-state index contributed by atoms with van der Waals surface area (Å²) in [6.07, 6.45) is 11.8. The Kier molecular flexibility index (Phi) is 6.22. The average Bonchev–Trinajstić information content (AvgIpc) is 3.37. The van der Waals surface area contributed by atoms with Crippen molar-refractivity contribution in [1.29, 1.82) is 0 Å². The standard InChI is InChI=1S/C23H30N4O2S/c1-26(2)30(28,29)25-14-11-21-17-27(16-18-5-3-4-6-18)23-15-20(7-8-22(21)23)19-9-12-24-13-10-19/h7-10,12-13,15,17-18,25H,3-6,11,14,16H2,1-2H3. The maximum absolute atomic E-state index is 12.0. The fourth-order valence-electron chi connectivity index (χ4n) is 4.36. The molecule has 30 heavy (non-hydrogen) atoms. The van der Waals surface area contributed by atoms with Crippen molar-refractivity contribution in [3.05, 3.63) is 54.5 Å². The third-order valence-corrected chi connectivity index (χ3v) is 7.60. The van der Waals surface area contributed by atoms with Crippen LogP contribution in [-0.4, -0.2) is 42.9 Å². The molecule has 0 amide bonds. The van der Waals surface area contributed by atoms with Gasteiger partial charge in [-0.3, -0.25) is 4.98 Å². The van der Waals surface area contributed by atoms with Crippen LogP contribution < -0.4 is 4.72 Å². The van der Waals surface area contributed by atoms with E-state index in [1.807, 2.05) is 24.5 Å². The summed E-state index contributed by atoms with van der Waals surface area (Å²) in [4.78, 5) is 4.12. The second-order valence-electron chi connectivity index (χ2n) is 8.36.